The van der Waals surface area contributed by atoms with E-state index in [1.54, 1.807) is 30.3 Å². The van der Waals surface area contributed by atoms with Crippen molar-refractivity contribution < 1.29 is 29.0 Å². The molecule has 5 atom stereocenters. The van der Waals surface area contributed by atoms with E-state index in [-0.39, 0.29) is 38.1 Å². The van der Waals surface area contributed by atoms with E-state index in [1.807, 2.05) is 6.08 Å². The molecule has 0 saturated carbocycles. The van der Waals surface area contributed by atoms with Crippen LogP contribution in [0.2, 0.25) is 5.02 Å². The second-order valence-corrected chi connectivity index (χ2v) is 10.2. The normalized spacial score (nSPS) is 27.7. The molecule has 1 aromatic carbocycles. The summed E-state index contributed by atoms with van der Waals surface area (Å²) in [6.07, 6.45) is 6.70. The average molecular weight is 531 g/mol. The number of hydrogen-bond acceptors (Lipinski definition) is 6. The largest absolute Gasteiger partial charge is 0.465 e. The van der Waals surface area contributed by atoms with Crippen molar-refractivity contribution >= 4 is 35.1 Å². The van der Waals surface area contributed by atoms with Gasteiger partial charge in [-0.1, -0.05) is 35.9 Å². The minimum absolute atomic E-state index is 0.136. The number of rotatable bonds is 13. The third-order valence-corrected chi connectivity index (χ3v) is 7.95. The molecule has 37 heavy (non-hydrogen) atoms. The van der Waals surface area contributed by atoms with Crippen LogP contribution in [0.4, 0.5) is 5.69 Å². The number of ether oxygens (including phenoxy) is 2. The molecule has 2 amide bonds. The SMILES string of the molecule is C=CCCCCOC(=O)[C@@H]1[C@@H]2CCC3(O2)C(C(=O)N(CC=C)c2ccccc2Cl)N(CCCO)C(=O)[C@H]13. The standard InChI is InChI=1S/C28H35ClN2O6/c1-3-5-6-9-18-36-27(35)22-21-13-14-28(37-21)23(22)25(33)31(16-10-17-32)24(28)26(34)30(15-4-2)20-12-8-7-11-19(20)29/h3-4,7-8,11-12,21-24,32H,1-2,5-6,9-10,13-18H2/t21-,22+,23-,24?,28?/m0/s1. The monoisotopic (exact) mass is 530 g/mol. The zero-order valence-electron chi connectivity index (χ0n) is 21.0. The first-order valence-corrected chi connectivity index (χ1v) is 13.3. The van der Waals surface area contributed by atoms with E-state index in [0.29, 0.717) is 36.4 Å². The van der Waals surface area contributed by atoms with Crippen molar-refractivity contribution in [2.45, 2.75) is 56.3 Å². The molecule has 3 aliphatic rings. The first-order chi connectivity index (χ1) is 17.9. The molecule has 9 heteroatoms. The minimum atomic E-state index is -1.14. The number of anilines is 1. The summed E-state index contributed by atoms with van der Waals surface area (Å²) < 4.78 is 12.0. The van der Waals surface area contributed by atoms with Crippen LogP contribution >= 0.6 is 11.6 Å². The van der Waals surface area contributed by atoms with Crippen LogP contribution in [0.1, 0.15) is 38.5 Å². The fourth-order valence-electron chi connectivity index (χ4n) is 6.10. The topological polar surface area (TPSA) is 96.4 Å². The van der Waals surface area contributed by atoms with Gasteiger partial charge in [-0.05, 0) is 50.7 Å². The number of fused-ring (bicyclic) bond motifs is 1. The molecule has 1 spiro atoms. The van der Waals surface area contributed by atoms with Gasteiger partial charge < -0.3 is 24.4 Å². The summed E-state index contributed by atoms with van der Waals surface area (Å²) in [5.74, 6) is -2.67. The Bertz CT molecular complexity index is 1050. The van der Waals surface area contributed by atoms with Crippen LogP contribution in [0.25, 0.3) is 0 Å². The Labute approximate surface area is 222 Å². The summed E-state index contributed by atoms with van der Waals surface area (Å²) in [6, 6.07) is 6.05. The molecule has 8 nitrogen and oxygen atoms in total. The van der Waals surface area contributed by atoms with Crippen LogP contribution in [-0.2, 0) is 23.9 Å². The van der Waals surface area contributed by atoms with Gasteiger partial charge in [0, 0.05) is 19.7 Å². The number of hydrogen-bond donors (Lipinski definition) is 1. The van der Waals surface area contributed by atoms with Crippen molar-refractivity contribution in [3.8, 4) is 0 Å². The fraction of sp³-hybridized carbons (Fsp3) is 0.536. The second kappa shape index (κ2) is 11.8. The maximum absolute atomic E-state index is 14.2. The summed E-state index contributed by atoms with van der Waals surface area (Å²) in [6.45, 7) is 7.97. The Morgan fingerprint density at radius 2 is 2.03 bits per heavy atom. The zero-order valence-corrected chi connectivity index (χ0v) is 21.8. The number of carbonyl (C=O) groups is 3. The van der Waals surface area contributed by atoms with Crippen molar-refractivity contribution in [2.24, 2.45) is 11.8 Å². The Morgan fingerprint density at radius 3 is 2.73 bits per heavy atom. The Morgan fingerprint density at radius 1 is 1.24 bits per heavy atom. The maximum atomic E-state index is 14.2. The van der Waals surface area contributed by atoms with Gasteiger partial charge in [0.1, 0.15) is 11.6 Å². The van der Waals surface area contributed by atoms with Crippen molar-refractivity contribution in [1.29, 1.82) is 0 Å². The van der Waals surface area contributed by atoms with E-state index < -0.39 is 35.6 Å². The van der Waals surface area contributed by atoms with Gasteiger partial charge in [0.2, 0.25) is 5.91 Å². The lowest BCUT2D eigenvalue weighted by atomic mass is 9.70. The van der Waals surface area contributed by atoms with Crippen molar-refractivity contribution in [3.05, 3.63) is 54.6 Å². The quantitative estimate of drug-likeness (QED) is 0.238. The number of unbranched alkanes of at least 4 members (excludes halogenated alkanes) is 2. The molecular weight excluding hydrogens is 496 g/mol. The molecular formula is C28H35ClN2O6. The number of allylic oxidation sites excluding steroid dienone is 1. The lowest BCUT2D eigenvalue weighted by Gasteiger charge is -2.37. The Kier molecular flexibility index (Phi) is 8.72. The predicted molar refractivity (Wildman–Crippen MR) is 140 cm³/mol. The van der Waals surface area contributed by atoms with E-state index >= 15 is 0 Å². The fourth-order valence-corrected chi connectivity index (χ4v) is 6.33. The zero-order chi connectivity index (χ0) is 26.6. The highest BCUT2D eigenvalue weighted by molar-refractivity contribution is 6.34. The third-order valence-electron chi connectivity index (χ3n) is 7.63. The lowest BCUT2D eigenvalue weighted by molar-refractivity contribution is -0.155. The first kappa shape index (κ1) is 27.4. The van der Waals surface area contributed by atoms with Gasteiger partial charge in [-0.2, -0.15) is 0 Å². The number of aliphatic hydroxyl groups excluding tert-OH is 1. The van der Waals surface area contributed by atoms with Crippen molar-refractivity contribution in [3.63, 3.8) is 0 Å². The van der Waals surface area contributed by atoms with Gasteiger partial charge in [0.15, 0.2) is 0 Å². The summed E-state index contributed by atoms with van der Waals surface area (Å²) >= 11 is 6.45. The van der Waals surface area contributed by atoms with Crippen LogP contribution < -0.4 is 4.90 Å². The van der Waals surface area contributed by atoms with Gasteiger partial charge in [-0.3, -0.25) is 14.4 Å². The minimum Gasteiger partial charge on any atom is -0.465 e. The van der Waals surface area contributed by atoms with Crippen LogP contribution in [0.5, 0.6) is 0 Å². The highest BCUT2D eigenvalue weighted by Crippen LogP contribution is 2.59. The molecule has 3 fully saturated rings. The van der Waals surface area contributed by atoms with Gasteiger partial charge in [0.25, 0.3) is 5.91 Å². The van der Waals surface area contributed by atoms with Crippen LogP contribution in [-0.4, -0.2) is 71.8 Å². The maximum Gasteiger partial charge on any atom is 0.312 e. The van der Waals surface area contributed by atoms with Crippen LogP contribution in [0.15, 0.2) is 49.6 Å². The number of benzene rings is 1. The molecule has 0 radical (unpaired) electrons. The molecule has 200 valence electrons. The second-order valence-electron chi connectivity index (χ2n) is 9.81. The van der Waals surface area contributed by atoms with Crippen LogP contribution in [0.3, 0.4) is 0 Å². The number of carbonyl (C=O) groups excluding carboxylic acids is 3. The van der Waals surface area contributed by atoms with Gasteiger partial charge >= 0.3 is 5.97 Å². The molecule has 3 aliphatic heterocycles. The van der Waals surface area contributed by atoms with E-state index in [0.717, 1.165) is 12.8 Å². The Balaban J connectivity index is 1.65. The molecule has 2 bridgehead atoms. The van der Waals surface area contributed by atoms with Crippen molar-refractivity contribution in [2.75, 3.05) is 31.2 Å². The molecule has 1 aromatic rings. The number of nitrogens with zero attached hydrogens (tertiary/aromatic N) is 2. The summed E-state index contributed by atoms with van der Waals surface area (Å²) in [5.41, 5.74) is -0.631. The van der Waals surface area contributed by atoms with E-state index in [4.69, 9.17) is 21.1 Å². The third kappa shape index (κ3) is 4.94. The number of likely N-dealkylation sites (tertiary alicyclic amines) is 1. The van der Waals surface area contributed by atoms with E-state index in [2.05, 4.69) is 13.2 Å². The first-order valence-electron chi connectivity index (χ1n) is 12.9. The summed E-state index contributed by atoms with van der Waals surface area (Å²) in [5, 5.41) is 9.90. The number of amides is 2. The van der Waals surface area contributed by atoms with Gasteiger partial charge in [-0.25, -0.2) is 0 Å². The molecule has 4 rings (SSSR count). The molecule has 3 saturated heterocycles. The number of aliphatic hydroxyl groups is 1. The van der Waals surface area contributed by atoms with Crippen LogP contribution in [0, 0.1) is 11.8 Å². The van der Waals surface area contributed by atoms with Gasteiger partial charge in [0.05, 0.1) is 35.3 Å². The highest BCUT2D eigenvalue weighted by atomic mass is 35.5. The van der Waals surface area contributed by atoms with Gasteiger partial charge in [-0.15, -0.1) is 13.2 Å². The number of halogens is 1. The average Bonchev–Trinajstić information content (AvgIpc) is 3.53. The number of esters is 1. The predicted octanol–water partition coefficient (Wildman–Crippen LogP) is 3.52. The summed E-state index contributed by atoms with van der Waals surface area (Å²) in [7, 11) is 0. The smallest absolute Gasteiger partial charge is 0.312 e. The lowest BCUT2D eigenvalue weighted by Crippen LogP contribution is -2.56. The molecule has 0 aromatic heterocycles. The summed E-state index contributed by atoms with van der Waals surface area (Å²) in [4.78, 5) is 44.3. The molecule has 1 N–H and O–H groups in total. The Hall–Kier alpha value is -2.68. The molecule has 3 heterocycles. The van der Waals surface area contributed by atoms with Crippen molar-refractivity contribution in [1.82, 2.24) is 4.90 Å². The molecule has 0 aliphatic carbocycles. The van der Waals surface area contributed by atoms with E-state index in [9.17, 15) is 19.5 Å². The number of para-hydroxylation sites is 1. The van der Waals surface area contributed by atoms with E-state index in [1.165, 1.54) is 9.80 Å². The highest BCUT2D eigenvalue weighted by Gasteiger charge is 2.75. The molecule has 2 unspecified atom stereocenters.